The Labute approximate surface area is 214 Å². The predicted octanol–water partition coefficient (Wildman–Crippen LogP) is 4.23. The first kappa shape index (κ1) is 25.9. The van der Waals surface area contributed by atoms with E-state index in [-0.39, 0.29) is 6.04 Å². The van der Waals surface area contributed by atoms with Crippen molar-refractivity contribution in [3.05, 3.63) is 72.3 Å². The quantitative estimate of drug-likeness (QED) is 0.383. The number of anilines is 2. The fourth-order valence-electron chi connectivity index (χ4n) is 4.46. The fraction of sp³-hybridized carbons (Fsp3) is 0.333. The summed E-state index contributed by atoms with van der Waals surface area (Å²) in [5, 5.41) is 3.48. The maximum atomic E-state index is 13.8. The van der Waals surface area contributed by atoms with Gasteiger partial charge >= 0.3 is 0 Å². The molecule has 1 aliphatic rings. The van der Waals surface area contributed by atoms with E-state index in [1.807, 2.05) is 59.3 Å². The minimum atomic E-state index is -2.23. The topological polar surface area (TPSA) is 78.5 Å². The van der Waals surface area contributed by atoms with Crippen molar-refractivity contribution in [3.8, 4) is 23.0 Å². The van der Waals surface area contributed by atoms with Crippen LogP contribution in [0.15, 0.2) is 66.7 Å². The highest BCUT2D eigenvalue weighted by atomic mass is 31.2. The molecule has 192 valence electrons. The third-order valence-electron chi connectivity index (χ3n) is 6.38. The van der Waals surface area contributed by atoms with E-state index in [4.69, 9.17) is 18.9 Å². The number of hydrogen-bond donors (Lipinski definition) is 1. The lowest BCUT2D eigenvalue weighted by Crippen LogP contribution is -2.31. The molecule has 1 unspecified atom stereocenters. The Balaban J connectivity index is 1.51. The van der Waals surface area contributed by atoms with Crippen molar-refractivity contribution in [2.24, 2.45) is 0 Å². The summed E-state index contributed by atoms with van der Waals surface area (Å²) in [7, 11) is 4.24. The zero-order chi connectivity index (χ0) is 25.5. The van der Waals surface area contributed by atoms with Crippen molar-refractivity contribution < 1.29 is 23.8 Å². The van der Waals surface area contributed by atoms with Crippen molar-refractivity contribution in [2.75, 3.05) is 51.5 Å². The monoisotopic (exact) mass is 511 g/mol. The van der Waals surface area contributed by atoms with E-state index in [1.165, 1.54) is 0 Å². The van der Waals surface area contributed by atoms with Gasteiger partial charge in [-0.2, -0.15) is 4.67 Å². The molecule has 4 rings (SSSR count). The van der Waals surface area contributed by atoms with Gasteiger partial charge in [0.25, 0.3) is 0 Å². The van der Waals surface area contributed by atoms with Crippen LogP contribution in [0.1, 0.15) is 12.0 Å². The lowest BCUT2D eigenvalue weighted by atomic mass is 10.1. The lowest BCUT2D eigenvalue weighted by molar-refractivity contribution is -0.170. The fourth-order valence-corrected chi connectivity index (χ4v) is 6.34. The molecule has 0 aliphatic carbocycles. The van der Waals surface area contributed by atoms with Crippen LogP contribution in [0.3, 0.4) is 0 Å². The summed E-state index contributed by atoms with van der Waals surface area (Å²) in [6.45, 7) is 2.01. The first-order valence-corrected chi connectivity index (χ1v) is 13.2. The van der Waals surface area contributed by atoms with Crippen molar-refractivity contribution in [3.63, 3.8) is 0 Å². The smallest absolute Gasteiger partial charge is 0.162 e. The van der Waals surface area contributed by atoms with Gasteiger partial charge in [0.1, 0.15) is 8.45 Å². The molecule has 0 aromatic heterocycles. The first-order chi connectivity index (χ1) is 17.6. The van der Waals surface area contributed by atoms with Gasteiger partial charge < -0.3 is 29.2 Å². The molecule has 0 bridgehead atoms. The van der Waals surface area contributed by atoms with Gasteiger partial charge in [-0.15, -0.1) is 0 Å². The molecule has 3 aromatic carbocycles. The van der Waals surface area contributed by atoms with E-state index in [2.05, 4.69) is 22.1 Å². The molecule has 2 atom stereocenters. The molecule has 9 heteroatoms. The van der Waals surface area contributed by atoms with E-state index in [0.717, 1.165) is 29.9 Å². The number of ether oxygens (including phenoxy) is 4. The molecule has 0 saturated carbocycles. The minimum Gasteiger partial charge on any atom is -0.648 e. The van der Waals surface area contributed by atoms with Crippen molar-refractivity contribution >= 4 is 19.8 Å². The zero-order valence-electron chi connectivity index (χ0n) is 21.2. The van der Waals surface area contributed by atoms with Crippen LogP contribution >= 0.6 is 8.45 Å². The van der Waals surface area contributed by atoms with E-state index in [0.29, 0.717) is 36.1 Å². The average molecular weight is 512 g/mol. The molecule has 1 N–H and O–H groups in total. The van der Waals surface area contributed by atoms with Gasteiger partial charge in [-0.1, -0.05) is 30.3 Å². The van der Waals surface area contributed by atoms with Crippen LogP contribution in [0, 0.1) is 0 Å². The summed E-state index contributed by atoms with van der Waals surface area (Å²) in [5.74, 6) is 2.64. The molecule has 0 spiro atoms. The normalized spacial score (nSPS) is 17.6. The zero-order valence-corrected chi connectivity index (χ0v) is 22.2. The van der Waals surface area contributed by atoms with Gasteiger partial charge in [-0.3, -0.25) is 0 Å². The SMILES string of the molecule is COc1ccc(NCC[C@H]2CN(c3ccc(OC)c(OC)c3)[PH+]([O-])N2Cc2ccccc2)cc1OC. The van der Waals surface area contributed by atoms with Crippen molar-refractivity contribution in [1.82, 2.24) is 4.67 Å². The number of nitrogens with zero attached hydrogens (tertiary/aromatic N) is 2. The molecule has 0 amide bonds. The average Bonchev–Trinajstić information content (AvgIpc) is 3.23. The molecular weight excluding hydrogens is 477 g/mol. The number of hydrogen-bond acceptors (Lipinski definition) is 8. The van der Waals surface area contributed by atoms with Gasteiger partial charge in [0.05, 0.1) is 53.3 Å². The Kier molecular flexibility index (Phi) is 8.75. The molecule has 0 radical (unpaired) electrons. The van der Waals surface area contributed by atoms with E-state index in [1.54, 1.807) is 28.4 Å². The van der Waals surface area contributed by atoms with Crippen molar-refractivity contribution in [2.45, 2.75) is 19.0 Å². The summed E-state index contributed by atoms with van der Waals surface area (Å²) in [4.78, 5) is 13.8. The van der Waals surface area contributed by atoms with Crippen LogP contribution in [0.2, 0.25) is 0 Å². The van der Waals surface area contributed by atoms with Gasteiger partial charge in [-0.25, -0.2) is 4.67 Å². The molecule has 1 aliphatic heterocycles. The van der Waals surface area contributed by atoms with Gasteiger partial charge in [0.15, 0.2) is 23.0 Å². The Bertz CT molecular complexity index is 1130. The Hall–Kier alpha value is -3.19. The van der Waals surface area contributed by atoms with Crippen LogP contribution in [0.4, 0.5) is 11.4 Å². The van der Waals surface area contributed by atoms with E-state index < -0.39 is 8.45 Å². The molecule has 3 aromatic rings. The Morgan fingerprint density at radius 3 is 2.14 bits per heavy atom. The van der Waals surface area contributed by atoms with E-state index in [9.17, 15) is 4.89 Å². The second-order valence-corrected chi connectivity index (χ2v) is 10.2. The van der Waals surface area contributed by atoms with Gasteiger partial charge in [0, 0.05) is 24.4 Å². The number of methoxy groups -OCH3 is 4. The van der Waals surface area contributed by atoms with Crippen LogP contribution in [0.5, 0.6) is 23.0 Å². The van der Waals surface area contributed by atoms with Crippen LogP contribution in [-0.4, -0.2) is 52.2 Å². The second-order valence-electron chi connectivity index (χ2n) is 8.49. The standard InChI is InChI=1S/C27H34N3O5P/c1-32-24-12-10-21(16-26(24)34-3)28-15-14-23-19-30(22-11-13-25(33-2)27(17-22)35-4)36(31)29(23)18-20-8-6-5-7-9-20/h5-13,16-17,23,28,36H,14-15,18-19H2,1-4H3/t23-/m0/s1. The number of rotatable bonds is 11. The summed E-state index contributed by atoms with van der Waals surface area (Å²) in [6.07, 6.45) is 0.821. The third-order valence-corrected chi connectivity index (χ3v) is 8.29. The highest BCUT2D eigenvalue weighted by Gasteiger charge is 2.40. The third kappa shape index (κ3) is 5.78. The highest BCUT2D eigenvalue weighted by molar-refractivity contribution is 7.49. The first-order valence-electron chi connectivity index (χ1n) is 11.9. The van der Waals surface area contributed by atoms with Crippen LogP contribution < -0.4 is 33.8 Å². The summed E-state index contributed by atoms with van der Waals surface area (Å²) in [6, 6.07) is 21.8. The maximum absolute atomic E-state index is 13.8. The maximum Gasteiger partial charge on any atom is 0.162 e. The van der Waals surface area contributed by atoms with Gasteiger partial charge in [-0.05, 0) is 36.2 Å². The molecule has 1 heterocycles. The second kappa shape index (κ2) is 12.2. The van der Waals surface area contributed by atoms with Crippen LogP contribution in [0.25, 0.3) is 0 Å². The molecule has 1 fully saturated rings. The van der Waals surface area contributed by atoms with E-state index >= 15 is 0 Å². The Morgan fingerprint density at radius 1 is 0.833 bits per heavy atom. The largest absolute Gasteiger partial charge is 0.648 e. The number of nitrogens with one attached hydrogen (secondary N) is 1. The minimum absolute atomic E-state index is 0.109. The molecule has 36 heavy (non-hydrogen) atoms. The van der Waals surface area contributed by atoms with Crippen molar-refractivity contribution in [1.29, 1.82) is 0 Å². The summed E-state index contributed by atoms with van der Waals surface area (Å²) >= 11 is 0. The lowest BCUT2D eigenvalue weighted by Gasteiger charge is -2.28. The molecule has 1 saturated heterocycles. The summed E-state index contributed by atoms with van der Waals surface area (Å²) in [5.41, 5.74) is 2.96. The summed E-state index contributed by atoms with van der Waals surface area (Å²) < 4.78 is 25.7. The van der Waals surface area contributed by atoms with Crippen LogP contribution in [-0.2, 0) is 6.54 Å². The predicted molar refractivity (Wildman–Crippen MR) is 144 cm³/mol. The molecular formula is C27H34N3O5P. The number of benzene rings is 3. The molecule has 8 nitrogen and oxygen atoms in total. The Morgan fingerprint density at radius 2 is 1.47 bits per heavy atom. The van der Waals surface area contributed by atoms with Gasteiger partial charge in [0.2, 0.25) is 0 Å². The highest BCUT2D eigenvalue weighted by Crippen LogP contribution is 2.50.